The first-order valence-electron chi connectivity index (χ1n) is 5.21. The molecule has 0 spiro atoms. The molecular formula is C12H20O. The average molecular weight is 180 g/mol. The molecule has 0 radical (unpaired) electrons. The molecule has 0 aromatic heterocycles. The standard InChI is InChI=1S/C12H20O/c1-10(2)8-12(9-13)7-5-4-6-11(12)3/h9,11H,1,4-8H2,2-3H3. The number of carbonyl (C=O) groups excluding carboxylic acids is 1. The van der Waals surface area contributed by atoms with Crippen molar-refractivity contribution in [1.82, 2.24) is 0 Å². The van der Waals surface area contributed by atoms with Crippen molar-refractivity contribution in [2.24, 2.45) is 11.3 Å². The van der Waals surface area contributed by atoms with Gasteiger partial charge in [0, 0.05) is 5.41 Å². The average Bonchev–Trinajstić information content (AvgIpc) is 2.08. The minimum atomic E-state index is -0.0793. The fourth-order valence-electron chi connectivity index (χ4n) is 2.48. The normalized spacial score (nSPS) is 34.2. The predicted molar refractivity (Wildman–Crippen MR) is 55.6 cm³/mol. The van der Waals surface area contributed by atoms with Crippen molar-refractivity contribution in [2.75, 3.05) is 0 Å². The molecular weight excluding hydrogens is 160 g/mol. The minimum absolute atomic E-state index is 0.0793. The molecule has 0 amide bonds. The lowest BCUT2D eigenvalue weighted by molar-refractivity contribution is -0.120. The zero-order valence-electron chi connectivity index (χ0n) is 8.81. The molecule has 0 bridgehead atoms. The Bertz CT molecular complexity index is 207. The highest BCUT2D eigenvalue weighted by Crippen LogP contribution is 2.43. The molecule has 13 heavy (non-hydrogen) atoms. The second-order valence-electron chi connectivity index (χ2n) is 4.63. The van der Waals surface area contributed by atoms with E-state index in [2.05, 4.69) is 13.5 Å². The zero-order valence-corrected chi connectivity index (χ0v) is 8.81. The monoisotopic (exact) mass is 180 g/mol. The van der Waals surface area contributed by atoms with E-state index in [-0.39, 0.29) is 5.41 Å². The fourth-order valence-corrected chi connectivity index (χ4v) is 2.48. The largest absolute Gasteiger partial charge is 0.303 e. The van der Waals surface area contributed by atoms with Crippen molar-refractivity contribution in [3.8, 4) is 0 Å². The molecule has 1 fully saturated rings. The van der Waals surface area contributed by atoms with Crippen LogP contribution >= 0.6 is 0 Å². The molecule has 0 heterocycles. The van der Waals surface area contributed by atoms with Crippen molar-refractivity contribution >= 4 is 6.29 Å². The summed E-state index contributed by atoms with van der Waals surface area (Å²) in [6.07, 6.45) is 6.82. The first kappa shape index (κ1) is 10.5. The second-order valence-corrected chi connectivity index (χ2v) is 4.63. The molecule has 1 rings (SSSR count). The Balaban J connectivity index is 2.75. The highest BCUT2D eigenvalue weighted by molar-refractivity contribution is 5.60. The lowest BCUT2D eigenvalue weighted by Gasteiger charge is -2.38. The predicted octanol–water partition coefficient (Wildman–Crippen LogP) is 3.35. The van der Waals surface area contributed by atoms with Gasteiger partial charge in [0.25, 0.3) is 0 Å². The second kappa shape index (κ2) is 4.08. The summed E-state index contributed by atoms with van der Waals surface area (Å²) in [4.78, 5) is 11.2. The van der Waals surface area contributed by atoms with Gasteiger partial charge in [-0.1, -0.05) is 25.3 Å². The van der Waals surface area contributed by atoms with Crippen LogP contribution in [0.5, 0.6) is 0 Å². The van der Waals surface area contributed by atoms with Crippen molar-refractivity contribution in [3.63, 3.8) is 0 Å². The number of allylic oxidation sites excluding steroid dienone is 1. The van der Waals surface area contributed by atoms with Gasteiger partial charge in [-0.15, -0.1) is 6.58 Å². The summed E-state index contributed by atoms with van der Waals surface area (Å²) in [5.74, 6) is 0.537. The van der Waals surface area contributed by atoms with Crippen LogP contribution in [0.2, 0.25) is 0 Å². The Kier molecular flexibility index (Phi) is 3.29. The van der Waals surface area contributed by atoms with Gasteiger partial charge in [0.1, 0.15) is 6.29 Å². The molecule has 0 N–H and O–H groups in total. The van der Waals surface area contributed by atoms with Gasteiger partial charge in [-0.25, -0.2) is 0 Å². The molecule has 0 aromatic carbocycles. The molecule has 0 aromatic rings. The van der Waals surface area contributed by atoms with E-state index in [1.54, 1.807) is 0 Å². The first-order valence-corrected chi connectivity index (χ1v) is 5.21. The van der Waals surface area contributed by atoms with Crippen LogP contribution in [0.1, 0.15) is 46.0 Å². The molecule has 1 aliphatic carbocycles. The number of carbonyl (C=O) groups is 1. The minimum Gasteiger partial charge on any atom is -0.303 e. The number of aldehydes is 1. The third-order valence-electron chi connectivity index (χ3n) is 3.38. The van der Waals surface area contributed by atoms with Gasteiger partial charge in [0.15, 0.2) is 0 Å². The molecule has 0 saturated heterocycles. The van der Waals surface area contributed by atoms with E-state index in [4.69, 9.17) is 0 Å². The van der Waals surface area contributed by atoms with Crippen LogP contribution in [0.3, 0.4) is 0 Å². The van der Waals surface area contributed by atoms with Gasteiger partial charge in [-0.05, 0) is 32.1 Å². The quantitative estimate of drug-likeness (QED) is 0.481. The Morgan fingerprint density at radius 1 is 1.62 bits per heavy atom. The van der Waals surface area contributed by atoms with Crippen molar-refractivity contribution in [2.45, 2.75) is 46.0 Å². The highest BCUT2D eigenvalue weighted by atomic mass is 16.1. The van der Waals surface area contributed by atoms with Gasteiger partial charge in [-0.2, -0.15) is 0 Å². The van der Waals surface area contributed by atoms with Crippen molar-refractivity contribution < 1.29 is 4.79 Å². The van der Waals surface area contributed by atoms with Crippen LogP contribution in [0.15, 0.2) is 12.2 Å². The van der Waals surface area contributed by atoms with Crippen LogP contribution in [-0.4, -0.2) is 6.29 Å². The van der Waals surface area contributed by atoms with Crippen molar-refractivity contribution in [1.29, 1.82) is 0 Å². The zero-order chi connectivity index (χ0) is 9.90. The molecule has 74 valence electrons. The van der Waals surface area contributed by atoms with Gasteiger partial charge in [0.05, 0.1) is 0 Å². The maximum atomic E-state index is 11.2. The van der Waals surface area contributed by atoms with E-state index in [1.807, 2.05) is 6.92 Å². The van der Waals surface area contributed by atoms with Crippen LogP contribution < -0.4 is 0 Å². The van der Waals surface area contributed by atoms with E-state index < -0.39 is 0 Å². The van der Waals surface area contributed by atoms with Crippen LogP contribution in [-0.2, 0) is 4.79 Å². The van der Waals surface area contributed by atoms with Crippen LogP contribution in [0.25, 0.3) is 0 Å². The SMILES string of the molecule is C=C(C)CC1(C=O)CCCCC1C. The summed E-state index contributed by atoms with van der Waals surface area (Å²) >= 11 is 0. The molecule has 2 unspecified atom stereocenters. The molecule has 1 nitrogen and oxygen atoms in total. The van der Waals surface area contributed by atoms with E-state index in [0.29, 0.717) is 5.92 Å². The molecule has 1 heteroatoms. The summed E-state index contributed by atoms with van der Waals surface area (Å²) in [7, 11) is 0. The number of hydrogen-bond acceptors (Lipinski definition) is 1. The lowest BCUT2D eigenvalue weighted by atomic mass is 9.65. The summed E-state index contributed by atoms with van der Waals surface area (Å²) in [6, 6.07) is 0. The number of rotatable bonds is 3. The Labute approximate surface area is 81.2 Å². The van der Waals surface area contributed by atoms with E-state index in [9.17, 15) is 4.79 Å². The smallest absolute Gasteiger partial charge is 0.126 e. The third kappa shape index (κ3) is 2.20. The fraction of sp³-hybridized carbons (Fsp3) is 0.750. The third-order valence-corrected chi connectivity index (χ3v) is 3.38. The van der Waals surface area contributed by atoms with E-state index >= 15 is 0 Å². The molecule has 0 aliphatic heterocycles. The first-order chi connectivity index (χ1) is 6.10. The van der Waals surface area contributed by atoms with Gasteiger partial charge < -0.3 is 4.79 Å². The van der Waals surface area contributed by atoms with Crippen molar-refractivity contribution in [3.05, 3.63) is 12.2 Å². The number of hydrogen-bond donors (Lipinski definition) is 0. The van der Waals surface area contributed by atoms with Gasteiger partial charge in [-0.3, -0.25) is 0 Å². The maximum absolute atomic E-state index is 11.2. The summed E-state index contributed by atoms with van der Waals surface area (Å²) in [5.41, 5.74) is 1.06. The lowest BCUT2D eigenvalue weighted by Crippen LogP contribution is -2.33. The van der Waals surface area contributed by atoms with Crippen LogP contribution in [0.4, 0.5) is 0 Å². The molecule has 2 atom stereocenters. The summed E-state index contributed by atoms with van der Waals surface area (Å²) < 4.78 is 0. The topological polar surface area (TPSA) is 17.1 Å². The molecule has 1 aliphatic rings. The van der Waals surface area contributed by atoms with Gasteiger partial charge in [0.2, 0.25) is 0 Å². The Hall–Kier alpha value is -0.590. The molecule has 1 saturated carbocycles. The van der Waals surface area contributed by atoms with Gasteiger partial charge >= 0.3 is 0 Å². The summed E-state index contributed by atoms with van der Waals surface area (Å²) in [5, 5.41) is 0. The van der Waals surface area contributed by atoms with E-state index in [0.717, 1.165) is 18.4 Å². The maximum Gasteiger partial charge on any atom is 0.126 e. The Morgan fingerprint density at radius 3 is 2.77 bits per heavy atom. The van der Waals surface area contributed by atoms with Crippen LogP contribution in [0, 0.1) is 11.3 Å². The Morgan fingerprint density at radius 2 is 2.31 bits per heavy atom. The van der Waals surface area contributed by atoms with E-state index in [1.165, 1.54) is 25.5 Å². The summed E-state index contributed by atoms with van der Waals surface area (Å²) in [6.45, 7) is 8.14. The highest BCUT2D eigenvalue weighted by Gasteiger charge is 2.37.